The number of nitrogens with zero attached hydrogens (tertiary/aromatic N) is 6. The number of hydrazone groups is 1. The van der Waals surface area contributed by atoms with Gasteiger partial charge in [0.1, 0.15) is 17.2 Å². The van der Waals surface area contributed by atoms with Crippen molar-refractivity contribution in [1.29, 1.82) is 0 Å². The van der Waals surface area contributed by atoms with Crippen LogP contribution in [0.25, 0.3) is 20.9 Å². The summed E-state index contributed by atoms with van der Waals surface area (Å²) in [5.74, 6) is -6.59. The molecule has 1 aliphatic heterocycles. The lowest BCUT2D eigenvalue weighted by Crippen LogP contribution is -2.54. The zero-order valence-corrected chi connectivity index (χ0v) is 29.0. The molecule has 0 bridgehead atoms. The Morgan fingerprint density at radius 2 is 1.25 bits per heavy atom. The largest absolute Gasteiger partial charge is 0.436 e. The van der Waals surface area contributed by atoms with Crippen molar-refractivity contribution in [3.8, 4) is 28.6 Å². The molecule has 18 heteroatoms. The quantitative estimate of drug-likeness (QED) is 0.131. The van der Waals surface area contributed by atoms with Crippen LogP contribution in [0.2, 0.25) is 0 Å². The summed E-state index contributed by atoms with van der Waals surface area (Å²) < 4.78 is 133. The minimum absolute atomic E-state index is 0.0316. The van der Waals surface area contributed by atoms with E-state index in [2.05, 4.69) is 19.9 Å². The number of aryl methyl sites for hydroxylation is 1. The summed E-state index contributed by atoms with van der Waals surface area (Å²) in [5.41, 5.74) is -4.00. The van der Waals surface area contributed by atoms with Crippen LogP contribution in [0.5, 0.6) is 17.4 Å². The number of halogens is 9. The first-order valence-corrected chi connectivity index (χ1v) is 16.3. The average Bonchev–Trinajstić information content (AvgIpc) is 3.59. The third-order valence-corrected chi connectivity index (χ3v) is 8.17. The molecule has 9 nitrogen and oxygen atoms in total. The van der Waals surface area contributed by atoms with Crippen molar-refractivity contribution in [2.24, 2.45) is 5.10 Å². The Morgan fingerprint density at radius 1 is 0.732 bits per heavy atom. The van der Waals surface area contributed by atoms with E-state index in [1.165, 1.54) is 35.9 Å². The fraction of sp³-hybridized carbons (Fsp3) is 0.211. The third kappa shape index (κ3) is 8.10. The molecule has 4 aromatic carbocycles. The highest BCUT2D eigenvalue weighted by atomic mass is 19.4. The van der Waals surface area contributed by atoms with Gasteiger partial charge in [0, 0.05) is 18.7 Å². The molecular formula is C38H27F9N6O3. The molecule has 1 N–H and O–H groups in total. The molecule has 0 spiro atoms. The molecule has 6 rings (SSSR count). The van der Waals surface area contributed by atoms with Gasteiger partial charge in [0.05, 0.1) is 24.3 Å². The van der Waals surface area contributed by atoms with Gasteiger partial charge in [-0.05, 0) is 80.1 Å². The maximum absolute atomic E-state index is 15.2. The van der Waals surface area contributed by atoms with E-state index >= 15 is 8.78 Å². The summed E-state index contributed by atoms with van der Waals surface area (Å²) in [7, 11) is 0. The molecule has 1 atom stereocenters. The predicted molar refractivity (Wildman–Crippen MR) is 185 cm³/mol. The molecule has 0 amide bonds. The average molecular weight is 787 g/mol. The SMILES string of the molecule is [C-]#[N+]c1cccc(-c2c(F)c(Oc3ccc(C(F)(F)F)cc3)nn2CC)c1.[C-]#[N+]c1cccc(C2(O)N(CC)N=C(Oc3ccc(C(F)(F)F)cc3)C2(F)F)c1. The van der Waals surface area contributed by atoms with Gasteiger partial charge in [0.15, 0.2) is 11.4 Å². The standard InChI is InChI=1S/C19H14F5N3O2.C19H13F4N3O/c1-3-27-18(28,13-5-4-6-14(11-13)25-2)17(20,21)16(26-27)29-15-9-7-12(8-10-15)19(22,23)24;1-3-26-17(12-5-4-6-14(11-12)24-2)16(20)18(25-26)27-15-9-7-13(8-10-15)19(21,22)23/h4-11,28H,3H2,1H3;4-11H,3H2,1H3. The van der Waals surface area contributed by atoms with Gasteiger partial charge in [-0.1, -0.05) is 36.4 Å². The fourth-order valence-electron chi connectivity index (χ4n) is 5.42. The summed E-state index contributed by atoms with van der Waals surface area (Å²) in [4.78, 5) is 6.48. The topological polar surface area (TPSA) is 80.8 Å². The predicted octanol–water partition coefficient (Wildman–Crippen LogP) is 10.8. The van der Waals surface area contributed by atoms with Crippen LogP contribution in [0, 0.1) is 19.0 Å². The molecule has 290 valence electrons. The van der Waals surface area contributed by atoms with Crippen LogP contribution in [0.4, 0.5) is 50.9 Å². The van der Waals surface area contributed by atoms with Gasteiger partial charge in [-0.3, -0.25) is 9.69 Å². The summed E-state index contributed by atoms with van der Waals surface area (Å²) in [6.45, 7) is 17.5. The Morgan fingerprint density at radius 3 is 1.75 bits per heavy atom. The molecule has 0 radical (unpaired) electrons. The molecule has 2 heterocycles. The monoisotopic (exact) mass is 786 g/mol. The highest BCUT2D eigenvalue weighted by Gasteiger charge is 2.67. The maximum atomic E-state index is 15.2. The summed E-state index contributed by atoms with van der Waals surface area (Å²) in [6, 6.07) is 18.5. The summed E-state index contributed by atoms with van der Waals surface area (Å²) in [5, 5.41) is 19.3. The van der Waals surface area contributed by atoms with Crippen LogP contribution in [-0.2, 0) is 24.6 Å². The molecular weight excluding hydrogens is 759 g/mol. The number of ether oxygens (including phenoxy) is 2. The number of aromatic nitrogens is 2. The lowest BCUT2D eigenvalue weighted by Gasteiger charge is -2.35. The Balaban J connectivity index is 0.000000215. The number of aliphatic hydroxyl groups is 1. The lowest BCUT2D eigenvalue weighted by atomic mass is 9.95. The van der Waals surface area contributed by atoms with Crippen LogP contribution < -0.4 is 9.47 Å². The Kier molecular flexibility index (Phi) is 11.4. The first-order chi connectivity index (χ1) is 26.4. The van der Waals surface area contributed by atoms with Crippen molar-refractivity contribution in [2.45, 2.75) is 44.4 Å². The minimum atomic E-state index is -4.58. The van der Waals surface area contributed by atoms with E-state index in [1.807, 2.05) is 0 Å². The van der Waals surface area contributed by atoms with Gasteiger partial charge < -0.3 is 14.6 Å². The van der Waals surface area contributed by atoms with Crippen molar-refractivity contribution >= 4 is 17.3 Å². The van der Waals surface area contributed by atoms with Crippen molar-refractivity contribution in [3.05, 3.63) is 142 Å². The van der Waals surface area contributed by atoms with Crippen molar-refractivity contribution in [3.63, 3.8) is 0 Å². The third-order valence-electron chi connectivity index (χ3n) is 8.17. The van der Waals surface area contributed by atoms with Gasteiger partial charge in [-0.15, -0.1) is 10.2 Å². The van der Waals surface area contributed by atoms with E-state index in [0.717, 1.165) is 42.5 Å². The van der Waals surface area contributed by atoms with Gasteiger partial charge in [-0.25, -0.2) is 9.69 Å². The number of alkyl halides is 8. The second kappa shape index (κ2) is 15.7. The Bertz CT molecular complexity index is 2310. The molecule has 1 aliphatic rings. The molecule has 1 unspecified atom stereocenters. The van der Waals surface area contributed by atoms with Crippen LogP contribution >= 0.6 is 0 Å². The summed E-state index contributed by atoms with van der Waals surface area (Å²) in [6.07, 6.45) is -9.05. The van der Waals surface area contributed by atoms with E-state index in [0.29, 0.717) is 34.9 Å². The molecule has 0 fully saturated rings. The minimum Gasteiger partial charge on any atom is -0.436 e. The van der Waals surface area contributed by atoms with Crippen LogP contribution in [-0.4, -0.2) is 38.3 Å². The van der Waals surface area contributed by atoms with Gasteiger partial charge in [0.2, 0.25) is 5.82 Å². The molecule has 5 aromatic rings. The number of hydrogen-bond donors (Lipinski definition) is 1. The van der Waals surface area contributed by atoms with E-state index in [1.54, 1.807) is 25.1 Å². The molecule has 0 saturated heterocycles. The highest BCUT2D eigenvalue weighted by molar-refractivity contribution is 5.88. The van der Waals surface area contributed by atoms with Gasteiger partial charge >= 0.3 is 18.3 Å². The number of rotatable bonds is 7. The summed E-state index contributed by atoms with van der Waals surface area (Å²) >= 11 is 0. The van der Waals surface area contributed by atoms with Crippen molar-refractivity contribution in [2.75, 3.05) is 6.54 Å². The van der Waals surface area contributed by atoms with Crippen LogP contribution in [0.3, 0.4) is 0 Å². The Labute approximate surface area is 313 Å². The molecule has 0 saturated carbocycles. The first-order valence-electron chi connectivity index (χ1n) is 16.3. The zero-order chi connectivity index (χ0) is 41.1. The lowest BCUT2D eigenvalue weighted by molar-refractivity contribution is -0.217. The molecule has 56 heavy (non-hydrogen) atoms. The second-order valence-corrected chi connectivity index (χ2v) is 11.7. The van der Waals surface area contributed by atoms with E-state index < -0.39 is 46.8 Å². The fourth-order valence-corrected chi connectivity index (χ4v) is 5.42. The van der Waals surface area contributed by atoms with Crippen molar-refractivity contribution < 1.29 is 54.1 Å². The van der Waals surface area contributed by atoms with Crippen LogP contribution in [0.15, 0.2) is 102 Å². The van der Waals surface area contributed by atoms with E-state index in [4.69, 9.17) is 22.6 Å². The van der Waals surface area contributed by atoms with Crippen molar-refractivity contribution in [1.82, 2.24) is 14.8 Å². The number of benzene rings is 4. The van der Waals surface area contributed by atoms with E-state index in [9.17, 15) is 35.8 Å². The van der Waals surface area contributed by atoms with Gasteiger partial charge in [-0.2, -0.15) is 39.5 Å². The smallest absolute Gasteiger partial charge is 0.416 e. The zero-order valence-electron chi connectivity index (χ0n) is 29.0. The van der Waals surface area contributed by atoms with Gasteiger partial charge in [0.25, 0.3) is 17.5 Å². The molecule has 1 aromatic heterocycles. The maximum Gasteiger partial charge on any atom is 0.416 e. The number of hydrogen-bond acceptors (Lipinski definition) is 6. The molecule has 0 aliphatic carbocycles. The second-order valence-electron chi connectivity index (χ2n) is 11.7. The highest BCUT2D eigenvalue weighted by Crippen LogP contribution is 2.47. The van der Waals surface area contributed by atoms with Crippen LogP contribution in [0.1, 0.15) is 30.5 Å². The first kappa shape index (κ1) is 40.7. The normalized spacial score (nSPS) is 16.2. The van der Waals surface area contributed by atoms with E-state index in [-0.39, 0.29) is 40.9 Å². The Hall–Kier alpha value is -6.53.